The summed E-state index contributed by atoms with van der Waals surface area (Å²) in [7, 11) is 0. The number of amides is 2. The molecule has 7 heteroatoms. The normalized spacial score (nSPS) is 15.4. The van der Waals surface area contributed by atoms with Gasteiger partial charge in [0.15, 0.2) is 0 Å². The first-order valence-electron chi connectivity index (χ1n) is 8.17. The first-order valence-corrected chi connectivity index (χ1v) is 8.94. The van der Waals surface area contributed by atoms with Crippen molar-refractivity contribution in [1.82, 2.24) is 9.79 Å². The largest absolute Gasteiger partial charge is 0.309 e. The number of nitrogens with zero attached hydrogens (tertiary/aromatic N) is 2. The van der Waals surface area contributed by atoms with E-state index >= 15 is 0 Å². The van der Waals surface area contributed by atoms with E-state index in [2.05, 4.69) is 0 Å². The van der Waals surface area contributed by atoms with Crippen LogP contribution >= 0.6 is 11.9 Å². The maximum Gasteiger partial charge on any atom is 0.267 e. The van der Waals surface area contributed by atoms with Gasteiger partial charge >= 0.3 is 0 Å². The van der Waals surface area contributed by atoms with Crippen LogP contribution in [-0.4, -0.2) is 41.0 Å². The Balaban J connectivity index is 1.71. The van der Waals surface area contributed by atoms with Gasteiger partial charge in [0, 0.05) is 24.1 Å². The Kier molecular flexibility index (Phi) is 6.06. The average Bonchev–Trinajstić information content (AvgIpc) is 2.67. The molecule has 2 aromatic rings. The van der Waals surface area contributed by atoms with Crippen LogP contribution in [0, 0.1) is 0 Å². The number of hydrogen-bond donors (Lipinski definition) is 2. The number of rotatable bonds is 5. The van der Waals surface area contributed by atoms with E-state index in [1.165, 1.54) is 6.08 Å². The second-order valence-electron chi connectivity index (χ2n) is 5.68. The number of piperazine rings is 1. The number of nitrogens with one attached hydrogen (secondary N) is 1. The second-order valence-corrected chi connectivity index (χ2v) is 6.85. The van der Waals surface area contributed by atoms with Gasteiger partial charge in [-0.05, 0) is 41.8 Å². The van der Waals surface area contributed by atoms with Crippen molar-refractivity contribution in [3.05, 3.63) is 66.2 Å². The number of carbonyl (C=O) groups excluding carboxylic acids is 2. The third-order valence-electron chi connectivity index (χ3n) is 3.92. The minimum Gasteiger partial charge on any atom is -0.309 e. The van der Waals surface area contributed by atoms with Gasteiger partial charge in [-0.3, -0.25) is 14.8 Å². The number of benzene rings is 2. The lowest BCUT2D eigenvalue weighted by Gasteiger charge is -2.34. The van der Waals surface area contributed by atoms with Crippen molar-refractivity contribution in [3.63, 3.8) is 0 Å². The molecule has 1 aliphatic rings. The summed E-state index contributed by atoms with van der Waals surface area (Å²) in [6.45, 7) is 1.62. The van der Waals surface area contributed by atoms with Crippen molar-refractivity contribution in [2.45, 2.75) is 4.90 Å². The van der Waals surface area contributed by atoms with Crippen LogP contribution in [0.3, 0.4) is 0 Å². The summed E-state index contributed by atoms with van der Waals surface area (Å²) in [5.74, 6) is -0.609. The molecule has 3 rings (SSSR count). The fraction of sp³-hybridized carbons (Fsp3) is 0.158. The number of hydrogen-bond acceptors (Lipinski definition) is 5. The van der Waals surface area contributed by atoms with E-state index in [0.29, 0.717) is 13.1 Å². The van der Waals surface area contributed by atoms with Crippen LogP contribution in [0.4, 0.5) is 5.69 Å². The molecule has 1 saturated heterocycles. The smallest absolute Gasteiger partial charge is 0.267 e. The van der Waals surface area contributed by atoms with E-state index in [-0.39, 0.29) is 5.91 Å². The van der Waals surface area contributed by atoms with Gasteiger partial charge in [0.2, 0.25) is 5.91 Å². The lowest BCUT2D eigenvalue weighted by atomic mass is 10.1. The SMILES string of the molecule is O=C(/C=C/c1ccccc1N1CCN(Sc2ccccc2)CC1=O)NO. The van der Waals surface area contributed by atoms with Gasteiger partial charge in [-0.15, -0.1) is 0 Å². The molecule has 0 aromatic heterocycles. The van der Waals surface area contributed by atoms with Crippen LogP contribution in [0.15, 0.2) is 65.6 Å². The molecule has 0 unspecified atom stereocenters. The van der Waals surface area contributed by atoms with E-state index < -0.39 is 5.91 Å². The number of anilines is 1. The zero-order valence-electron chi connectivity index (χ0n) is 14.0. The van der Waals surface area contributed by atoms with Crippen molar-refractivity contribution in [2.75, 3.05) is 24.5 Å². The Morgan fingerprint density at radius 2 is 1.81 bits per heavy atom. The lowest BCUT2D eigenvalue weighted by molar-refractivity contribution is -0.124. The Hall–Kier alpha value is -2.61. The Morgan fingerprint density at radius 3 is 2.54 bits per heavy atom. The molecule has 2 aromatic carbocycles. The molecular weight excluding hydrogens is 350 g/mol. The molecule has 1 aliphatic heterocycles. The second kappa shape index (κ2) is 8.66. The average molecular weight is 369 g/mol. The number of hydroxylamine groups is 1. The molecule has 0 radical (unpaired) electrons. The monoisotopic (exact) mass is 369 g/mol. The zero-order valence-corrected chi connectivity index (χ0v) is 14.9. The molecule has 0 aliphatic carbocycles. The van der Waals surface area contributed by atoms with Crippen molar-refractivity contribution in [3.8, 4) is 0 Å². The van der Waals surface area contributed by atoms with Crippen LogP contribution in [-0.2, 0) is 9.59 Å². The summed E-state index contributed by atoms with van der Waals surface area (Å²) >= 11 is 1.58. The zero-order chi connectivity index (χ0) is 18.4. The van der Waals surface area contributed by atoms with Gasteiger partial charge in [0.25, 0.3) is 5.91 Å². The summed E-state index contributed by atoms with van der Waals surface area (Å²) in [6, 6.07) is 17.3. The summed E-state index contributed by atoms with van der Waals surface area (Å²) in [4.78, 5) is 26.7. The Bertz CT molecular complexity index is 811. The third kappa shape index (κ3) is 4.51. The van der Waals surface area contributed by atoms with E-state index in [1.54, 1.807) is 28.4 Å². The van der Waals surface area contributed by atoms with E-state index in [1.807, 2.05) is 58.9 Å². The summed E-state index contributed by atoms with van der Waals surface area (Å²) in [5.41, 5.74) is 3.05. The molecular formula is C19H19N3O3S. The molecule has 0 saturated carbocycles. The quantitative estimate of drug-likeness (QED) is 0.367. The highest BCUT2D eigenvalue weighted by Gasteiger charge is 2.26. The van der Waals surface area contributed by atoms with E-state index in [4.69, 9.17) is 5.21 Å². The van der Waals surface area contributed by atoms with Gasteiger partial charge in [0.05, 0.1) is 12.2 Å². The Labute approximate surface area is 156 Å². The highest BCUT2D eigenvalue weighted by molar-refractivity contribution is 7.97. The molecule has 134 valence electrons. The fourth-order valence-corrected chi connectivity index (χ4v) is 3.62. The minimum atomic E-state index is -0.616. The topological polar surface area (TPSA) is 72.9 Å². The fourth-order valence-electron chi connectivity index (χ4n) is 2.69. The predicted molar refractivity (Wildman–Crippen MR) is 102 cm³/mol. The van der Waals surface area contributed by atoms with Crippen LogP contribution in [0.1, 0.15) is 5.56 Å². The van der Waals surface area contributed by atoms with Crippen LogP contribution in [0.25, 0.3) is 6.08 Å². The molecule has 2 amide bonds. The molecule has 6 nitrogen and oxygen atoms in total. The van der Waals surface area contributed by atoms with Crippen molar-refractivity contribution in [1.29, 1.82) is 0 Å². The van der Waals surface area contributed by atoms with E-state index in [9.17, 15) is 9.59 Å². The third-order valence-corrected chi connectivity index (χ3v) is 4.97. The molecule has 0 spiro atoms. The van der Waals surface area contributed by atoms with Crippen molar-refractivity contribution in [2.24, 2.45) is 0 Å². The molecule has 1 heterocycles. The van der Waals surface area contributed by atoms with Gasteiger partial charge in [0.1, 0.15) is 0 Å². The molecule has 0 bridgehead atoms. The van der Waals surface area contributed by atoms with E-state index in [0.717, 1.165) is 22.7 Å². The maximum absolute atomic E-state index is 12.7. The number of carbonyl (C=O) groups is 2. The molecule has 1 fully saturated rings. The number of para-hydroxylation sites is 1. The van der Waals surface area contributed by atoms with Gasteiger partial charge in [-0.25, -0.2) is 9.79 Å². The van der Waals surface area contributed by atoms with Crippen molar-refractivity contribution >= 4 is 35.5 Å². The Morgan fingerprint density at radius 1 is 1.08 bits per heavy atom. The summed E-state index contributed by atoms with van der Waals surface area (Å²) < 4.78 is 2.05. The molecule has 26 heavy (non-hydrogen) atoms. The maximum atomic E-state index is 12.7. The van der Waals surface area contributed by atoms with Crippen LogP contribution in [0.2, 0.25) is 0 Å². The first-order chi connectivity index (χ1) is 12.7. The summed E-state index contributed by atoms with van der Waals surface area (Å²) in [6.07, 6.45) is 2.81. The van der Waals surface area contributed by atoms with Crippen LogP contribution < -0.4 is 10.4 Å². The first kappa shape index (κ1) is 18.2. The molecule has 2 N–H and O–H groups in total. The molecule has 0 atom stereocenters. The van der Waals surface area contributed by atoms with Crippen LogP contribution in [0.5, 0.6) is 0 Å². The van der Waals surface area contributed by atoms with Crippen molar-refractivity contribution < 1.29 is 14.8 Å². The highest BCUT2D eigenvalue weighted by atomic mass is 32.2. The predicted octanol–water partition coefficient (Wildman–Crippen LogP) is 2.56. The highest BCUT2D eigenvalue weighted by Crippen LogP contribution is 2.28. The minimum absolute atomic E-state index is 0.00661. The van der Waals surface area contributed by atoms with Gasteiger partial charge in [-0.1, -0.05) is 36.4 Å². The summed E-state index contributed by atoms with van der Waals surface area (Å²) in [5, 5.41) is 8.60. The van der Waals surface area contributed by atoms with Gasteiger partial charge < -0.3 is 4.90 Å². The standard InChI is InChI=1S/C19H19N3O3S/c23-18(20-25)11-10-15-6-4-5-9-17(15)22-13-12-21(14-19(22)24)26-16-7-2-1-3-8-16/h1-11,25H,12-14H2,(H,20,23)/b11-10+. The lowest BCUT2D eigenvalue weighted by Crippen LogP contribution is -2.48. The van der Waals surface area contributed by atoms with Gasteiger partial charge in [-0.2, -0.15) is 0 Å².